The van der Waals surface area contributed by atoms with Gasteiger partial charge < -0.3 is 39.1 Å². The van der Waals surface area contributed by atoms with Gasteiger partial charge in [0.25, 0.3) is 0 Å². The first kappa shape index (κ1) is 30.5. The van der Waals surface area contributed by atoms with Crippen molar-refractivity contribution in [3.8, 4) is 0 Å². The lowest BCUT2D eigenvalue weighted by atomic mass is 9.32. The minimum Gasteiger partial charge on any atom is -0.472 e. The molecule has 16 atom stereocenters. The molecule has 11 nitrogen and oxygen atoms in total. The third-order valence-corrected chi connectivity index (χ3v) is 13.8. The van der Waals surface area contributed by atoms with Crippen LogP contribution in [0, 0.1) is 45.3 Å². The minimum atomic E-state index is -1.55. The van der Waals surface area contributed by atoms with Gasteiger partial charge in [-0.15, -0.1) is 0 Å². The highest BCUT2D eigenvalue weighted by atomic mass is 16.7. The van der Waals surface area contributed by atoms with Crippen LogP contribution in [0.5, 0.6) is 0 Å². The van der Waals surface area contributed by atoms with Gasteiger partial charge in [-0.25, -0.2) is 0 Å². The van der Waals surface area contributed by atoms with Crippen LogP contribution >= 0.6 is 0 Å². The van der Waals surface area contributed by atoms with Crippen LogP contribution < -0.4 is 0 Å². The van der Waals surface area contributed by atoms with E-state index in [4.69, 9.17) is 18.6 Å². The minimum absolute atomic E-state index is 0.0245. The van der Waals surface area contributed by atoms with Gasteiger partial charge in [0.05, 0.1) is 60.8 Å². The van der Waals surface area contributed by atoms with Crippen molar-refractivity contribution in [3.63, 3.8) is 0 Å². The maximum atomic E-state index is 14.8. The first-order chi connectivity index (χ1) is 20.6. The first-order valence-electron chi connectivity index (χ1n) is 15.9. The SMILES string of the molecule is CCC(C)C(=O)OC1OCC23C(O)C(C(C)=O)C(O)C1(C)C2CC(O)C1(C)C3C(=O)C(O)C2(C)C(c3ccoc3)CC3OC321. The highest BCUT2D eigenvalue weighted by Crippen LogP contribution is 2.82. The van der Waals surface area contributed by atoms with Crippen molar-refractivity contribution in [3.05, 3.63) is 24.2 Å². The molecule has 1 aromatic rings. The third-order valence-electron chi connectivity index (χ3n) is 13.8. The zero-order chi connectivity index (χ0) is 31.9. The van der Waals surface area contributed by atoms with Crippen molar-refractivity contribution in [2.24, 2.45) is 45.3 Å². The van der Waals surface area contributed by atoms with Crippen LogP contribution in [0.4, 0.5) is 0 Å². The lowest BCUT2D eigenvalue weighted by molar-refractivity contribution is -0.382. The Bertz CT molecular complexity index is 1390. The van der Waals surface area contributed by atoms with Gasteiger partial charge in [0, 0.05) is 28.1 Å². The number of aliphatic hydroxyl groups excluding tert-OH is 4. The number of carbonyl (C=O) groups excluding carboxylic acids is 3. The number of esters is 1. The largest absolute Gasteiger partial charge is 0.472 e. The van der Waals surface area contributed by atoms with Gasteiger partial charge in [-0.05, 0) is 43.7 Å². The van der Waals surface area contributed by atoms with E-state index >= 15 is 0 Å². The summed E-state index contributed by atoms with van der Waals surface area (Å²) < 4.78 is 24.0. The summed E-state index contributed by atoms with van der Waals surface area (Å²) in [7, 11) is 0. The predicted octanol–water partition coefficient (Wildman–Crippen LogP) is 1.74. The molecule has 1 aromatic heterocycles. The number of Topliss-reactive ketones (excluding diaryl/α,β-unsaturated/α-hetero) is 2. The average molecular weight is 617 g/mol. The van der Waals surface area contributed by atoms with Crippen molar-refractivity contribution in [1.82, 2.24) is 0 Å². The number of carbonyl (C=O) groups is 3. The van der Waals surface area contributed by atoms with Gasteiger partial charge in [0.15, 0.2) is 5.78 Å². The Morgan fingerprint density at radius 2 is 1.80 bits per heavy atom. The van der Waals surface area contributed by atoms with Gasteiger partial charge in [-0.1, -0.05) is 34.6 Å². The average Bonchev–Trinajstić information content (AvgIpc) is 3.34. The molecular formula is C33H44O11. The van der Waals surface area contributed by atoms with E-state index in [-0.39, 0.29) is 25.0 Å². The molecule has 0 amide bonds. The monoisotopic (exact) mass is 616 g/mol. The first-order valence-corrected chi connectivity index (χ1v) is 15.9. The molecule has 2 aliphatic heterocycles. The third kappa shape index (κ3) is 3.08. The Labute approximate surface area is 256 Å². The molecule has 0 radical (unpaired) electrons. The van der Waals surface area contributed by atoms with Gasteiger partial charge in [-0.2, -0.15) is 0 Å². The number of epoxide rings is 1. The van der Waals surface area contributed by atoms with E-state index in [0.29, 0.717) is 12.8 Å². The predicted molar refractivity (Wildman–Crippen MR) is 151 cm³/mol. The summed E-state index contributed by atoms with van der Waals surface area (Å²) in [5, 5.41) is 48.4. The van der Waals surface area contributed by atoms with Gasteiger partial charge in [-0.3, -0.25) is 14.4 Å². The van der Waals surface area contributed by atoms with Crippen LogP contribution in [0.25, 0.3) is 0 Å². The van der Waals surface area contributed by atoms with E-state index in [0.717, 1.165) is 5.56 Å². The zero-order valence-corrected chi connectivity index (χ0v) is 26.1. The van der Waals surface area contributed by atoms with Gasteiger partial charge in [0.2, 0.25) is 6.29 Å². The molecule has 242 valence electrons. The Balaban J connectivity index is 1.40. The molecule has 4 aliphatic carbocycles. The van der Waals surface area contributed by atoms with E-state index in [1.54, 1.807) is 33.3 Å². The summed E-state index contributed by atoms with van der Waals surface area (Å²) in [4.78, 5) is 41.0. The van der Waals surface area contributed by atoms with Gasteiger partial charge >= 0.3 is 5.97 Å². The van der Waals surface area contributed by atoms with Crippen LogP contribution in [-0.4, -0.2) is 87.0 Å². The van der Waals surface area contributed by atoms with E-state index < -0.39 is 99.2 Å². The number of rotatable bonds is 5. The van der Waals surface area contributed by atoms with Crippen molar-refractivity contribution < 1.29 is 53.4 Å². The fourth-order valence-corrected chi connectivity index (χ4v) is 11.4. The normalized spacial score (nSPS) is 54.4. The number of hydrogen-bond donors (Lipinski definition) is 4. The fourth-order valence-electron chi connectivity index (χ4n) is 11.4. The Morgan fingerprint density at radius 1 is 1.09 bits per heavy atom. The van der Waals surface area contributed by atoms with E-state index in [1.165, 1.54) is 6.92 Å². The molecule has 0 aromatic carbocycles. The molecule has 7 rings (SSSR count). The maximum absolute atomic E-state index is 14.8. The topological polar surface area (TPSA) is 176 Å². The quantitative estimate of drug-likeness (QED) is 0.280. The molecule has 4 saturated carbocycles. The number of aliphatic hydroxyl groups is 4. The second-order valence-corrected chi connectivity index (χ2v) is 15.2. The molecule has 11 heteroatoms. The molecule has 16 unspecified atom stereocenters. The smallest absolute Gasteiger partial charge is 0.310 e. The van der Waals surface area contributed by atoms with Crippen molar-refractivity contribution in [2.75, 3.05) is 6.61 Å². The van der Waals surface area contributed by atoms with E-state index in [1.807, 2.05) is 19.9 Å². The lowest BCUT2D eigenvalue weighted by Gasteiger charge is -2.73. The van der Waals surface area contributed by atoms with Crippen LogP contribution in [0.1, 0.15) is 72.3 Å². The molecule has 2 bridgehead atoms. The Hall–Kier alpha value is -2.15. The second-order valence-electron chi connectivity index (χ2n) is 15.2. The molecule has 44 heavy (non-hydrogen) atoms. The van der Waals surface area contributed by atoms with Crippen LogP contribution in [0.15, 0.2) is 23.0 Å². The number of ketones is 2. The summed E-state index contributed by atoms with van der Waals surface area (Å²) in [6, 6.07) is 1.82. The highest BCUT2D eigenvalue weighted by molar-refractivity contribution is 5.91. The fraction of sp³-hybridized carbons (Fsp3) is 0.788. The number of fused-ring (bicyclic) bond motifs is 1. The van der Waals surface area contributed by atoms with Crippen LogP contribution in [-0.2, 0) is 28.6 Å². The van der Waals surface area contributed by atoms with Crippen molar-refractivity contribution in [1.29, 1.82) is 0 Å². The summed E-state index contributed by atoms with van der Waals surface area (Å²) in [5.74, 6) is -5.66. The standard InChI is InChI=1S/C33H44O11/c1-7-14(2)27(40)43-28-29(4)18-11-19(35)31(6)23(32(18,13-42-28)25(38)21(15(3)34)24(29)37)22(36)26(39)30(5)17(16-8-9-41-12-16)10-20-33(30,31)44-20/h8-9,12,14,17-21,23-26,28,35,37-39H,7,10-11,13H2,1-6H3. The summed E-state index contributed by atoms with van der Waals surface area (Å²) in [6.45, 7) is 9.85. The zero-order valence-electron chi connectivity index (χ0n) is 26.1. The van der Waals surface area contributed by atoms with Crippen LogP contribution in [0.3, 0.4) is 0 Å². The summed E-state index contributed by atoms with van der Waals surface area (Å²) in [5.41, 5.74) is -5.70. The van der Waals surface area contributed by atoms with E-state index in [2.05, 4.69) is 0 Å². The number of ether oxygens (including phenoxy) is 3. The van der Waals surface area contributed by atoms with Crippen molar-refractivity contribution in [2.45, 2.75) is 109 Å². The molecule has 2 saturated heterocycles. The second kappa shape index (κ2) is 9.23. The molecule has 1 spiro atoms. The molecule has 6 fully saturated rings. The lowest BCUT2D eigenvalue weighted by Crippen LogP contribution is -2.83. The molecule has 6 aliphatic rings. The summed E-state index contributed by atoms with van der Waals surface area (Å²) in [6.07, 6.45) is -3.21. The van der Waals surface area contributed by atoms with Crippen LogP contribution in [0.2, 0.25) is 0 Å². The van der Waals surface area contributed by atoms with Gasteiger partial charge in [0.1, 0.15) is 17.5 Å². The highest BCUT2D eigenvalue weighted by Gasteiger charge is 2.92. The van der Waals surface area contributed by atoms with E-state index in [9.17, 15) is 34.8 Å². The van der Waals surface area contributed by atoms with Crippen molar-refractivity contribution >= 4 is 17.5 Å². The maximum Gasteiger partial charge on any atom is 0.310 e. The number of hydrogen-bond acceptors (Lipinski definition) is 11. The molecular weight excluding hydrogens is 572 g/mol. The molecule has 3 heterocycles. The summed E-state index contributed by atoms with van der Waals surface area (Å²) >= 11 is 0. The Kier molecular flexibility index (Phi) is 6.40. The number of furan rings is 1. The molecule has 4 N–H and O–H groups in total. The Morgan fingerprint density at radius 3 is 2.41 bits per heavy atom.